The first-order valence-corrected chi connectivity index (χ1v) is 7.01. The second-order valence-electron chi connectivity index (χ2n) is 4.94. The first-order valence-electron chi connectivity index (χ1n) is 7.01. The van der Waals surface area contributed by atoms with Gasteiger partial charge in [0.15, 0.2) is 0 Å². The maximum absolute atomic E-state index is 9.89. The molecule has 0 amide bonds. The third kappa shape index (κ3) is 5.58. The minimum atomic E-state index is -1.05. The van der Waals surface area contributed by atoms with E-state index < -0.39 is 31.0 Å². The summed E-state index contributed by atoms with van der Waals surface area (Å²) in [4.78, 5) is 0. The quantitative estimate of drug-likeness (QED) is 0.402. The van der Waals surface area contributed by atoms with E-state index >= 15 is 0 Å². The van der Waals surface area contributed by atoms with Crippen LogP contribution in [-0.2, 0) is 9.47 Å². The molecule has 0 aromatic heterocycles. The average Bonchev–Trinajstić information content (AvgIpc) is 2.78. The van der Waals surface area contributed by atoms with Crippen LogP contribution in [0.5, 0.6) is 0 Å². The number of rotatable bonds is 10. The van der Waals surface area contributed by atoms with E-state index in [9.17, 15) is 10.2 Å². The van der Waals surface area contributed by atoms with E-state index in [1.807, 2.05) is 6.08 Å². The molecule has 1 rings (SSSR count). The second-order valence-corrected chi connectivity index (χ2v) is 4.94. The third-order valence-electron chi connectivity index (χ3n) is 3.37. The number of aliphatic hydroxyl groups excluding tert-OH is 3. The van der Waals surface area contributed by atoms with E-state index in [1.165, 1.54) is 0 Å². The van der Waals surface area contributed by atoms with E-state index in [4.69, 9.17) is 14.6 Å². The van der Waals surface area contributed by atoms with Gasteiger partial charge in [-0.25, -0.2) is 0 Å². The van der Waals surface area contributed by atoms with Crippen molar-refractivity contribution in [3.8, 4) is 0 Å². The molecule has 1 fully saturated rings. The Morgan fingerprint density at radius 3 is 2.74 bits per heavy atom. The molecular weight excluding hydrogens is 248 g/mol. The summed E-state index contributed by atoms with van der Waals surface area (Å²) in [6.07, 6.45) is 4.27. The SMILES string of the molecule is C=CCCCCCCO[C@H]1CO[C@@H]([C@H](O)CO)[C@H]1O. The molecule has 1 aliphatic heterocycles. The molecule has 0 spiro atoms. The Morgan fingerprint density at radius 2 is 2.05 bits per heavy atom. The van der Waals surface area contributed by atoms with Crippen molar-refractivity contribution < 1.29 is 24.8 Å². The Balaban J connectivity index is 2.09. The Morgan fingerprint density at radius 1 is 1.32 bits per heavy atom. The molecule has 0 unspecified atom stereocenters. The van der Waals surface area contributed by atoms with Gasteiger partial charge in [-0.2, -0.15) is 0 Å². The minimum absolute atomic E-state index is 0.263. The number of hydrogen-bond acceptors (Lipinski definition) is 5. The molecule has 0 aliphatic carbocycles. The number of unbranched alkanes of at least 4 members (excludes halogenated alkanes) is 4. The lowest BCUT2D eigenvalue weighted by atomic mass is 10.1. The summed E-state index contributed by atoms with van der Waals surface area (Å²) < 4.78 is 10.8. The van der Waals surface area contributed by atoms with Gasteiger partial charge in [0.05, 0.1) is 13.2 Å². The van der Waals surface area contributed by atoms with Crippen molar-refractivity contribution in [1.82, 2.24) is 0 Å². The molecule has 5 nitrogen and oxygen atoms in total. The molecule has 1 saturated heterocycles. The van der Waals surface area contributed by atoms with Crippen LogP contribution in [0, 0.1) is 0 Å². The van der Waals surface area contributed by atoms with Crippen LogP contribution in [0.1, 0.15) is 32.1 Å². The van der Waals surface area contributed by atoms with Crippen LogP contribution in [0.2, 0.25) is 0 Å². The van der Waals surface area contributed by atoms with Gasteiger partial charge in [-0.15, -0.1) is 6.58 Å². The standard InChI is InChI=1S/C14H26O5/c1-2-3-4-5-6-7-8-18-12-10-19-14(13(12)17)11(16)9-15/h2,11-17H,1,3-10H2/t11-,12+,13+,14+/m1/s1. The topological polar surface area (TPSA) is 79.2 Å². The zero-order valence-electron chi connectivity index (χ0n) is 11.4. The van der Waals surface area contributed by atoms with Crippen molar-refractivity contribution in [3.05, 3.63) is 12.7 Å². The number of allylic oxidation sites excluding steroid dienone is 1. The average molecular weight is 274 g/mol. The molecule has 0 aromatic carbocycles. The van der Waals surface area contributed by atoms with Crippen LogP contribution in [0.15, 0.2) is 12.7 Å². The first-order chi connectivity index (χ1) is 9.20. The van der Waals surface area contributed by atoms with Gasteiger partial charge < -0.3 is 24.8 Å². The molecule has 19 heavy (non-hydrogen) atoms. The summed E-state index contributed by atoms with van der Waals surface area (Å²) >= 11 is 0. The fourth-order valence-electron chi connectivity index (χ4n) is 2.18. The van der Waals surface area contributed by atoms with Crippen molar-refractivity contribution in [2.24, 2.45) is 0 Å². The molecule has 0 aromatic rings. The molecule has 0 radical (unpaired) electrons. The van der Waals surface area contributed by atoms with E-state index in [1.54, 1.807) is 0 Å². The lowest BCUT2D eigenvalue weighted by Crippen LogP contribution is -2.41. The Bertz CT molecular complexity index is 246. The largest absolute Gasteiger partial charge is 0.394 e. The molecule has 5 heteroatoms. The smallest absolute Gasteiger partial charge is 0.114 e. The normalized spacial score (nSPS) is 28.5. The predicted molar refractivity (Wildman–Crippen MR) is 71.9 cm³/mol. The highest BCUT2D eigenvalue weighted by Crippen LogP contribution is 2.20. The molecule has 4 atom stereocenters. The van der Waals surface area contributed by atoms with Gasteiger partial charge in [0.1, 0.15) is 24.4 Å². The highest BCUT2D eigenvalue weighted by Gasteiger charge is 2.40. The summed E-state index contributed by atoms with van der Waals surface area (Å²) in [6.45, 7) is 4.11. The van der Waals surface area contributed by atoms with Gasteiger partial charge in [0.25, 0.3) is 0 Å². The number of hydrogen-bond donors (Lipinski definition) is 3. The van der Waals surface area contributed by atoms with Gasteiger partial charge in [-0.3, -0.25) is 0 Å². The summed E-state index contributed by atoms with van der Waals surface area (Å²) in [5, 5.41) is 28.2. The lowest BCUT2D eigenvalue weighted by Gasteiger charge is -2.20. The molecular formula is C14H26O5. The first kappa shape index (κ1) is 16.6. The molecule has 0 bridgehead atoms. The van der Waals surface area contributed by atoms with Crippen molar-refractivity contribution in [1.29, 1.82) is 0 Å². The molecule has 1 aliphatic rings. The summed E-state index contributed by atoms with van der Waals surface area (Å²) in [5.74, 6) is 0. The fourth-order valence-corrected chi connectivity index (χ4v) is 2.18. The van der Waals surface area contributed by atoms with Gasteiger partial charge in [-0.1, -0.05) is 18.9 Å². The van der Waals surface area contributed by atoms with Crippen LogP contribution < -0.4 is 0 Å². The van der Waals surface area contributed by atoms with Gasteiger partial charge >= 0.3 is 0 Å². The van der Waals surface area contributed by atoms with Crippen LogP contribution in [0.3, 0.4) is 0 Å². The summed E-state index contributed by atoms with van der Waals surface area (Å²) in [6, 6.07) is 0. The highest BCUT2D eigenvalue weighted by atomic mass is 16.6. The van der Waals surface area contributed by atoms with E-state index in [0.29, 0.717) is 6.61 Å². The minimum Gasteiger partial charge on any atom is -0.394 e. The highest BCUT2D eigenvalue weighted by molar-refractivity contribution is 4.88. The monoisotopic (exact) mass is 274 g/mol. The Labute approximate surface area is 114 Å². The van der Waals surface area contributed by atoms with E-state index in [-0.39, 0.29) is 6.61 Å². The number of ether oxygens (including phenoxy) is 2. The van der Waals surface area contributed by atoms with Crippen LogP contribution in [0.4, 0.5) is 0 Å². The van der Waals surface area contributed by atoms with Crippen molar-refractivity contribution in [3.63, 3.8) is 0 Å². The Hall–Kier alpha value is -0.460. The van der Waals surface area contributed by atoms with Gasteiger partial charge in [0.2, 0.25) is 0 Å². The molecule has 0 saturated carbocycles. The fraction of sp³-hybridized carbons (Fsp3) is 0.857. The van der Waals surface area contributed by atoms with E-state index in [0.717, 1.165) is 32.1 Å². The van der Waals surface area contributed by atoms with Crippen LogP contribution >= 0.6 is 0 Å². The zero-order valence-corrected chi connectivity index (χ0v) is 11.4. The lowest BCUT2D eigenvalue weighted by molar-refractivity contribution is -0.0730. The van der Waals surface area contributed by atoms with E-state index in [2.05, 4.69) is 6.58 Å². The van der Waals surface area contributed by atoms with Crippen LogP contribution in [-0.4, -0.2) is 59.6 Å². The molecule has 112 valence electrons. The summed E-state index contributed by atoms with van der Waals surface area (Å²) in [5.41, 5.74) is 0. The van der Waals surface area contributed by atoms with Gasteiger partial charge in [0, 0.05) is 6.61 Å². The predicted octanol–water partition coefficient (Wildman–Crippen LogP) is 0.621. The zero-order chi connectivity index (χ0) is 14.1. The second kappa shape index (κ2) is 9.44. The van der Waals surface area contributed by atoms with Crippen molar-refractivity contribution >= 4 is 0 Å². The van der Waals surface area contributed by atoms with Crippen molar-refractivity contribution in [2.75, 3.05) is 19.8 Å². The van der Waals surface area contributed by atoms with Crippen LogP contribution in [0.25, 0.3) is 0 Å². The summed E-state index contributed by atoms with van der Waals surface area (Å²) in [7, 11) is 0. The number of aliphatic hydroxyl groups is 3. The third-order valence-corrected chi connectivity index (χ3v) is 3.37. The maximum Gasteiger partial charge on any atom is 0.114 e. The molecule has 3 N–H and O–H groups in total. The maximum atomic E-state index is 9.89. The Kier molecular flexibility index (Phi) is 8.25. The van der Waals surface area contributed by atoms with Crippen molar-refractivity contribution in [2.45, 2.75) is 56.5 Å². The molecule has 1 heterocycles. The van der Waals surface area contributed by atoms with Gasteiger partial charge in [-0.05, 0) is 19.3 Å².